The number of phenols is 4. The van der Waals surface area contributed by atoms with Crippen molar-refractivity contribution in [3.05, 3.63) is 117 Å². The predicted molar refractivity (Wildman–Crippen MR) is 403 cm³/mol. The lowest BCUT2D eigenvalue weighted by Crippen LogP contribution is -2.76. The summed E-state index contributed by atoms with van der Waals surface area (Å²) in [5.41, 5.74) is -4.01. The van der Waals surface area contributed by atoms with E-state index in [1.165, 1.54) is 15.9 Å². The summed E-state index contributed by atoms with van der Waals surface area (Å²) in [5.74, 6) is -0.911. The van der Waals surface area contributed by atoms with E-state index < -0.39 is 91.7 Å². The van der Waals surface area contributed by atoms with E-state index in [4.69, 9.17) is 0 Å². The molecule has 0 unspecified atom stereocenters. The number of rotatable bonds is 6. The Kier molecular flexibility index (Phi) is 18.3. The Morgan fingerprint density at radius 2 is 0.693 bits per heavy atom. The van der Waals surface area contributed by atoms with Crippen LogP contribution in [0.15, 0.2) is 72.8 Å². The van der Waals surface area contributed by atoms with Crippen molar-refractivity contribution in [1.82, 2.24) is 45.8 Å². The molecule has 8 bridgehead atoms. The van der Waals surface area contributed by atoms with Crippen molar-refractivity contribution in [1.29, 1.82) is 0 Å². The first-order chi connectivity index (χ1) is 53.9. The molecular formula is C85H103F4N9O16. The number of fused-ring (bicyclic) bond motifs is 4. The lowest BCUT2D eigenvalue weighted by atomic mass is 9.46. The van der Waals surface area contributed by atoms with E-state index in [-0.39, 0.29) is 153 Å². The number of amides is 6. The lowest BCUT2D eigenvalue weighted by Gasteiger charge is -2.66. The monoisotopic (exact) mass is 1580 g/mol. The second-order valence-electron chi connectivity index (χ2n) is 36.3. The van der Waals surface area contributed by atoms with Gasteiger partial charge < -0.3 is 62.1 Å². The number of carbonyl (C=O) groups excluding carboxylic acids is 8. The molecule has 12 fully saturated rings. The Morgan fingerprint density at radius 3 is 0.982 bits per heavy atom. The first-order valence-corrected chi connectivity index (χ1v) is 40.9. The summed E-state index contributed by atoms with van der Waals surface area (Å²) in [5, 5.41) is 101. The molecule has 6 amide bonds. The average Bonchev–Trinajstić information content (AvgIpc) is 1.15. The highest BCUT2D eigenvalue weighted by molar-refractivity contribution is 6.12. The summed E-state index contributed by atoms with van der Waals surface area (Å²) in [7, 11) is 0. The highest BCUT2D eigenvalue weighted by Crippen LogP contribution is 2.66. The van der Waals surface area contributed by atoms with Crippen LogP contribution in [0.5, 0.6) is 23.0 Å². The molecule has 12 N–H and O–H groups in total. The Morgan fingerprint density at radius 1 is 0.395 bits per heavy atom. The molecule has 114 heavy (non-hydrogen) atoms. The standard InChI is InChI=1S/C22H29N3O4.C21H23F3N2O4.C21H25FN2O4.C21H26N2O4/c1-3-24-10-9-20-13-21(18(27)25(4-2)19(28)23-21)7-8-22(20,29)17(24)11-14-5-6-15(26)12-16(14)20;22-21(23,24)11-26-6-5-18-10-19(16(28)9-17(29)25-19)3-4-20(18,30)15(26)7-12-1-2-13(27)8-14(12)18;22-6-8-24-7-5-19-12-20(17(26)11-18(27)23-20)3-4-21(19,28)16(24)9-13-1-2-14(25)10-15(13)19;1-2-23-8-7-19-12-20(17(25)11-18(26)22-20)5-6-21(19,27)16(23)9-13-3-4-14(24)10-15(13)19/h5-6,12,17,26,29H,3-4,7-11,13H2,1-2H3,(H,23,28);1-2,8,15,27,30H,3-7,9-11H2,(H,25,29);1-2,10,16,25,28H,3-9,11-12H2,(H,23,27);3-4,10,16,24,27H,2,5-9,11-12H2,1H3,(H,22,26)/t17-,20-,21+,22-;15-,18-,19+,20-;2*16-,19-,20+,21-/m1111/s1. The first-order valence-electron chi connectivity index (χ1n) is 40.9. The summed E-state index contributed by atoms with van der Waals surface area (Å²) in [6.45, 7) is 9.21. The second kappa shape index (κ2) is 26.7. The summed E-state index contributed by atoms with van der Waals surface area (Å²) in [4.78, 5) is 109. The molecule has 8 aliphatic heterocycles. The van der Waals surface area contributed by atoms with E-state index in [0.29, 0.717) is 95.7 Å². The summed E-state index contributed by atoms with van der Waals surface area (Å²) in [6, 6.07) is 19.5. The number of likely N-dealkylation sites (N-methyl/N-ethyl adjacent to an activating group) is 3. The van der Waals surface area contributed by atoms with Crippen LogP contribution in [0.1, 0.15) is 187 Å². The number of nitrogens with zero attached hydrogens (tertiary/aromatic N) is 5. The molecule has 0 aromatic heterocycles. The molecule has 4 aromatic carbocycles. The largest absolute Gasteiger partial charge is 0.508 e. The minimum atomic E-state index is -4.39. The van der Waals surface area contributed by atoms with E-state index in [2.05, 4.69) is 44.9 Å². The Hall–Kier alpha value is -8.16. The molecule has 16 aliphatic rings. The van der Waals surface area contributed by atoms with Crippen LogP contribution in [0.4, 0.5) is 22.4 Å². The first kappa shape index (κ1) is 78.4. The van der Waals surface area contributed by atoms with Gasteiger partial charge in [0.15, 0.2) is 17.3 Å². The van der Waals surface area contributed by atoms with Gasteiger partial charge in [-0.25, -0.2) is 9.18 Å². The second-order valence-corrected chi connectivity index (χ2v) is 36.3. The van der Waals surface area contributed by atoms with Gasteiger partial charge in [0.2, 0.25) is 17.7 Å². The minimum absolute atomic E-state index is 0.00199. The molecule has 8 aliphatic carbocycles. The molecule has 4 spiro atoms. The molecular weight excluding hydrogens is 1480 g/mol. The Labute approximate surface area is 657 Å². The van der Waals surface area contributed by atoms with Gasteiger partial charge in [-0.2, -0.15) is 13.2 Å². The van der Waals surface area contributed by atoms with Crippen LogP contribution >= 0.6 is 0 Å². The number of nitrogens with one attached hydrogen (secondary N) is 4. The third-order valence-electron chi connectivity index (χ3n) is 31.7. The van der Waals surface area contributed by atoms with Crippen LogP contribution in [-0.4, -0.2) is 253 Å². The molecule has 4 aromatic rings. The van der Waals surface area contributed by atoms with Gasteiger partial charge >= 0.3 is 12.2 Å². The number of hydrogen-bond acceptors (Lipinski definition) is 20. The van der Waals surface area contributed by atoms with Crippen molar-refractivity contribution in [2.45, 2.75) is 265 Å². The highest BCUT2D eigenvalue weighted by atomic mass is 19.4. The number of aromatic hydroxyl groups is 4. The average molecular weight is 1580 g/mol. The van der Waals surface area contributed by atoms with E-state index in [1.54, 1.807) is 55.5 Å². The van der Waals surface area contributed by atoms with Gasteiger partial charge in [-0.15, -0.1) is 0 Å². The number of ketones is 3. The van der Waals surface area contributed by atoms with Gasteiger partial charge in [0.25, 0.3) is 5.91 Å². The normalized spacial score (nSPS) is 39.3. The van der Waals surface area contributed by atoms with Gasteiger partial charge in [0.1, 0.15) is 51.8 Å². The van der Waals surface area contributed by atoms with Crippen molar-refractivity contribution in [3.63, 3.8) is 0 Å². The minimum Gasteiger partial charge on any atom is -0.508 e. The maximum atomic E-state index is 13.3. The van der Waals surface area contributed by atoms with E-state index >= 15 is 0 Å². The van der Waals surface area contributed by atoms with Crippen LogP contribution in [0, 0.1) is 0 Å². The number of aliphatic hydroxyl groups is 4. The zero-order chi connectivity index (χ0) is 80.9. The molecule has 8 saturated heterocycles. The quantitative estimate of drug-likeness (QED) is 0.0681. The van der Waals surface area contributed by atoms with Crippen molar-refractivity contribution < 1.29 is 96.8 Å². The van der Waals surface area contributed by atoms with E-state index in [0.717, 1.165) is 84.4 Å². The Balaban J connectivity index is 0.000000110. The smallest absolute Gasteiger partial charge is 0.401 e. The number of phenolic OH excluding ortho intramolecular Hbond substituents is 4. The molecule has 612 valence electrons. The highest BCUT2D eigenvalue weighted by Gasteiger charge is 2.75. The number of likely N-dealkylation sites (tertiary alicyclic amines) is 4. The van der Waals surface area contributed by atoms with Crippen LogP contribution in [0.2, 0.25) is 0 Å². The third-order valence-corrected chi connectivity index (χ3v) is 31.7. The number of piperidine rings is 4. The van der Waals surface area contributed by atoms with Gasteiger partial charge in [-0.05, 0) is 268 Å². The summed E-state index contributed by atoms with van der Waals surface area (Å²) < 4.78 is 52.9. The van der Waals surface area contributed by atoms with Crippen molar-refractivity contribution in [2.75, 3.05) is 65.6 Å². The number of imide groups is 1. The molecule has 16 atom stereocenters. The number of alkyl halides is 4. The fourth-order valence-corrected chi connectivity index (χ4v) is 26.5. The van der Waals surface area contributed by atoms with Gasteiger partial charge in [0.05, 0.1) is 48.2 Å². The number of carbonyl (C=O) groups is 8. The van der Waals surface area contributed by atoms with Crippen LogP contribution in [0.3, 0.4) is 0 Å². The lowest BCUT2D eigenvalue weighted by molar-refractivity contribution is -0.209. The number of halogens is 4. The molecule has 25 nitrogen and oxygen atoms in total. The topological polar surface area (TPSA) is 363 Å². The maximum Gasteiger partial charge on any atom is 0.401 e. The fraction of sp³-hybridized carbons (Fsp3) is 0.624. The zero-order valence-electron chi connectivity index (χ0n) is 64.7. The molecule has 20 rings (SSSR count). The van der Waals surface area contributed by atoms with Gasteiger partial charge in [-0.1, -0.05) is 38.1 Å². The molecule has 8 heterocycles. The zero-order valence-corrected chi connectivity index (χ0v) is 64.7. The number of urea groups is 1. The SMILES string of the molecule is CCN1C(=O)N[C@]2(CC[C@@]3(O)[C@H]4Cc5ccc(O)cc5[C@@]3(CCN4CC)C2)C1=O.CCN1CC[C@]23C[C@]4(CC[C@@]2(O)[C@H]1Cc1ccc(O)cc13)NC(=O)CC4=O.O=C1CC(=O)[C@@]2(CC[C@@]3(O)[C@H]4Cc5ccc(O)cc5[C@@]3(CCN4CC(F)(F)F)C2)N1.O=C1CC(=O)[C@@]2(CC[C@@]3(O)[C@H]4Cc5ccc(O)cc5[C@@]3(CCN4CCF)C2)N1. The van der Waals surface area contributed by atoms with E-state index in [1.807, 2.05) is 23.1 Å². The van der Waals surface area contributed by atoms with Gasteiger partial charge in [0, 0.05) is 58.9 Å². The maximum absolute atomic E-state index is 13.3. The van der Waals surface area contributed by atoms with E-state index in [9.17, 15) is 96.8 Å². The van der Waals surface area contributed by atoms with Crippen molar-refractivity contribution >= 4 is 47.0 Å². The molecule has 0 radical (unpaired) electrons. The molecule has 29 heteroatoms. The van der Waals surface area contributed by atoms with Crippen molar-refractivity contribution in [3.8, 4) is 23.0 Å². The van der Waals surface area contributed by atoms with Gasteiger partial charge in [-0.3, -0.25) is 58.1 Å². The van der Waals surface area contributed by atoms with Crippen molar-refractivity contribution in [2.24, 2.45) is 0 Å². The van der Waals surface area contributed by atoms with Crippen LogP contribution in [-0.2, 0) is 80.9 Å². The number of Topliss-reactive ketones (excluding diaryl/α,β-unsaturated/α-hetero) is 3. The summed E-state index contributed by atoms with van der Waals surface area (Å²) in [6.07, 6.45) is 3.86. The molecule has 4 saturated carbocycles. The Bertz CT molecular complexity index is 4750. The summed E-state index contributed by atoms with van der Waals surface area (Å²) >= 11 is 0. The number of benzene rings is 4. The van der Waals surface area contributed by atoms with Crippen LogP contribution in [0.25, 0.3) is 0 Å². The third kappa shape index (κ3) is 11.1. The van der Waals surface area contributed by atoms with Crippen LogP contribution < -0.4 is 21.3 Å². The number of hydrogen-bond donors (Lipinski definition) is 12. The fourth-order valence-electron chi connectivity index (χ4n) is 26.5. The predicted octanol–water partition coefficient (Wildman–Crippen LogP) is 5.07.